The zero-order chi connectivity index (χ0) is 14.4. The van der Waals surface area contributed by atoms with Crippen LogP contribution in [0.25, 0.3) is 0 Å². The molecule has 0 radical (unpaired) electrons. The van der Waals surface area contributed by atoms with Gasteiger partial charge >= 0.3 is 0 Å². The van der Waals surface area contributed by atoms with Crippen molar-refractivity contribution in [3.63, 3.8) is 0 Å². The lowest BCUT2D eigenvalue weighted by Crippen LogP contribution is -2.39. The number of rotatable bonds is 6. The number of halogens is 1. The normalized spacial score (nSPS) is 21.1. The molecule has 1 aliphatic rings. The van der Waals surface area contributed by atoms with Crippen molar-refractivity contribution in [2.75, 3.05) is 26.2 Å². The molecule has 3 heteroatoms. The minimum atomic E-state index is -0.128. The molecule has 0 saturated carbocycles. The Kier molecular flexibility index (Phi) is 5.99. The Morgan fingerprint density at radius 3 is 2.85 bits per heavy atom. The maximum absolute atomic E-state index is 13.5. The fraction of sp³-hybridized carbons (Fsp3) is 0.647. The molecule has 0 aromatic heterocycles. The van der Waals surface area contributed by atoms with Crippen molar-refractivity contribution in [2.45, 2.75) is 39.2 Å². The molecule has 1 aromatic rings. The molecular weight excluding hydrogens is 251 g/mol. The van der Waals surface area contributed by atoms with Gasteiger partial charge in [0.2, 0.25) is 0 Å². The lowest BCUT2D eigenvalue weighted by Gasteiger charge is -2.35. The number of hydrogen-bond donors (Lipinski definition) is 1. The summed E-state index contributed by atoms with van der Waals surface area (Å²) in [6.45, 7) is 8.80. The van der Waals surface area contributed by atoms with Crippen molar-refractivity contribution in [3.05, 3.63) is 35.6 Å². The molecule has 20 heavy (non-hydrogen) atoms. The van der Waals surface area contributed by atoms with Crippen LogP contribution in [-0.2, 0) is 0 Å². The maximum atomic E-state index is 13.5. The molecule has 1 saturated heterocycles. The zero-order valence-corrected chi connectivity index (χ0v) is 12.7. The Balaban J connectivity index is 2.06. The van der Waals surface area contributed by atoms with Gasteiger partial charge in [0.15, 0.2) is 0 Å². The molecule has 2 atom stereocenters. The smallest absolute Gasteiger partial charge is 0.123 e. The Morgan fingerprint density at radius 1 is 1.40 bits per heavy atom. The molecule has 2 unspecified atom stereocenters. The summed E-state index contributed by atoms with van der Waals surface area (Å²) in [5, 5.41) is 3.48. The van der Waals surface area contributed by atoms with Crippen LogP contribution < -0.4 is 5.32 Å². The molecular formula is C17H27FN2. The highest BCUT2D eigenvalue weighted by molar-refractivity contribution is 5.20. The van der Waals surface area contributed by atoms with Crippen molar-refractivity contribution in [2.24, 2.45) is 5.92 Å². The van der Waals surface area contributed by atoms with Crippen LogP contribution in [0.1, 0.15) is 44.7 Å². The van der Waals surface area contributed by atoms with Crippen molar-refractivity contribution >= 4 is 0 Å². The standard InChI is InChI=1S/C17H27FN2/c1-3-17(15-8-5-9-16(18)11-15)20(4-2)13-14-7-6-10-19-12-14/h5,8-9,11,14,17,19H,3-4,6-7,10,12-13H2,1-2H3. The van der Waals surface area contributed by atoms with Crippen LogP contribution in [0.4, 0.5) is 4.39 Å². The summed E-state index contributed by atoms with van der Waals surface area (Å²) in [4.78, 5) is 2.51. The summed E-state index contributed by atoms with van der Waals surface area (Å²) in [5.41, 5.74) is 1.11. The first kappa shape index (κ1) is 15.5. The maximum Gasteiger partial charge on any atom is 0.123 e. The number of nitrogens with zero attached hydrogens (tertiary/aromatic N) is 1. The van der Waals surface area contributed by atoms with Gasteiger partial charge in [-0.3, -0.25) is 4.90 Å². The fourth-order valence-electron chi connectivity index (χ4n) is 3.31. The molecule has 1 heterocycles. The first-order valence-electron chi connectivity index (χ1n) is 7.94. The van der Waals surface area contributed by atoms with E-state index in [1.807, 2.05) is 6.07 Å². The second-order valence-electron chi connectivity index (χ2n) is 5.78. The second-order valence-corrected chi connectivity index (χ2v) is 5.78. The Morgan fingerprint density at radius 2 is 2.25 bits per heavy atom. The topological polar surface area (TPSA) is 15.3 Å². The first-order valence-corrected chi connectivity index (χ1v) is 7.94. The van der Waals surface area contributed by atoms with Gasteiger partial charge in [0, 0.05) is 12.6 Å². The number of piperidine rings is 1. The molecule has 2 rings (SSSR count). The van der Waals surface area contributed by atoms with E-state index in [1.165, 1.54) is 18.9 Å². The average Bonchev–Trinajstić information content (AvgIpc) is 2.48. The molecule has 0 amide bonds. The number of nitrogens with one attached hydrogen (secondary N) is 1. The third-order valence-corrected chi connectivity index (χ3v) is 4.36. The van der Waals surface area contributed by atoms with E-state index in [0.717, 1.165) is 44.1 Å². The predicted molar refractivity (Wildman–Crippen MR) is 82.3 cm³/mol. The summed E-state index contributed by atoms with van der Waals surface area (Å²) in [7, 11) is 0. The van der Waals surface area contributed by atoms with Crippen molar-refractivity contribution < 1.29 is 4.39 Å². The molecule has 1 aromatic carbocycles. The average molecular weight is 278 g/mol. The van der Waals surface area contributed by atoms with Gasteiger partial charge in [-0.2, -0.15) is 0 Å². The minimum absolute atomic E-state index is 0.128. The highest BCUT2D eigenvalue weighted by atomic mass is 19.1. The number of hydrogen-bond acceptors (Lipinski definition) is 2. The van der Waals surface area contributed by atoms with Gasteiger partial charge in [-0.25, -0.2) is 4.39 Å². The number of benzene rings is 1. The van der Waals surface area contributed by atoms with E-state index in [1.54, 1.807) is 6.07 Å². The van der Waals surface area contributed by atoms with Gasteiger partial charge in [0.25, 0.3) is 0 Å². The van der Waals surface area contributed by atoms with Crippen molar-refractivity contribution in [3.8, 4) is 0 Å². The monoisotopic (exact) mass is 278 g/mol. The molecule has 112 valence electrons. The summed E-state index contributed by atoms with van der Waals surface area (Å²) >= 11 is 0. The molecule has 0 bridgehead atoms. The van der Waals surface area contributed by atoms with Crippen LogP contribution in [0.2, 0.25) is 0 Å². The predicted octanol–water partition coefficient (Wildman–Crippen LogP) is 3.60. The Bertz CT molecular complexity index is 402. The summed E-state index contributed by atoms with van der Waals surface area (Å²) in [6.07, 6.45) is 3.61. The summed E-state index contributed by atoms with van der Waals surface area (Å²) < 4.78 is 13.5. The van der Waals surface area contributed by atoms with Crippen LogP contribution in [-0.4, -0.2) is 31.1 Å². The highest BCUT2D eigenvalue weighted by Gasteiger charge is 2.22. The first-order chi connectivity index (χ1) is 9.74. The second kappa shape index (κ2) is 7.75. The van der Waals surface area contributed by atoms with Gasteiger partial charge in [-0.1, -0.05) is 26.0 Å². The van der Waals surface area contributed by atoms with Gasteiger partial charge < -0.3 is 5.32 Å². The van der Waals surface area contributed by atoms with Crippen molar-refractivity contribution in [1.29, 1.82) is 0 Å². The van der Waals surface area contributed by atoms with E-state index in [2.05, 4.69) is 30.1 Å². The van der Waals surface area contributed by atoms with E-state index in [0.29, 0.717) is 6.04 Å². The van der Waals surface area contributed by atoms with Crippen LogP contribution in [0, 0.1) is 11.7 Å². The van der Waals surface area contributed by atoms with E-state index in [4.69, 9.17) is 0 Å². The van der Waals surface area contributed by atoms with Crippen LogP contribution in [0.15, 0.2) is 24.3 Å². The van der Waals surface area contributed by atoms with Gasteiger partial charge in [0.05, 0.1) is 0 Å². The lowest BCUT2D eigenvalue weighted by atomic mass is 9.96. The molecule has 2 nitrogen and oxygen atoms in total. The van der Waals surface area contributed by atoms with Gasteiger partial charge in [0.1, 0.15) is 5.82 Å². The van der Waals surface area contributed by atoms with E-state index in [-0.39, 0.29) is 5.82 Å². The third kappa shape index (κ3) is 4.03. The van der Waals surface area contributed by atoms with E-state index < -0.39 is 0 Å². The van der Waals surface area contributed by atoms with Crippen LogP contribution >= 0.6 is 0 Å². The van der Waals surface area contributed by atoms with E-state index >= 15 is 0 Å². The zero-order valence-electron chi connectivity index (χ0n) is 12.7. The van der Waals surface area contributed by atoms with Crippen LogP contribution in [0.3, 0.4) is 0 Å². The summed E-state index contributed by atoms with van der Waals surface area (Å²) in [6, 6.07) is 7.42. The molecule has 1 fully saturated rings. The largest absolute Gasteiger partial charge is 0.316 e. The van der Waals surface area contributed by atoms with E-state index in [9.17, 15) is 4.39 Å². The molecule has 0 spiro atoms. The Labute approximate surface area is 122 Å². The van der Waals surface area contributed by atoms with Gasteiger partial charge in [-0.15, -0.1) is 0 Å². The van der Waals surface area contributed by atoms with Crippen LogP contribution in [0.5, 0.6) is 0 Å². The summed E-state index contributed by atoms with van der Waals surface area (Å²) in [5.74, 6) is 0.600. The van der Waals surface area contributed by atoms with Gasteiger partial charge in [-0.05, 0) is 62.5 Å². The third-order valence-electron chi connectivity index (χ3n) is 4.36. The molecule has 1 aliphatic heterocycles. The van der Waals surface area contributed by atoms with Crippen molar-refractivity contribution in [1.82, 2.24) is 10.2 Å². The molecule has 1 N–H and O–H groups in total. The minimum Gasteiger partial charge on any atom is -0.316 e. The quantitative estimate of drug-likeness (QED) is 0.855. The molecule has 0 aliphatic carbocycles. The SMILES string of the molecule is CCC(c1cccc(F)c1)N(CC)CC1CCCNC1. The lowest BCUT2D eigenvalue weighted by molar-refractivity contribution is 0.157. The fourth-order valence-corrected chi connectivity index (χ4v) is 3.31. The Hall–Kier alpha value is -0.930. The highest BCUT2D eigenvalue weighted by Crippen LogP contribution is 2.26.